The van der Waals surface area contributed by atoms with E-state index in [1.807, 2.05) is 49.4 Å². The van der Waals surface area contributed by atoms with Crippen LogP contribution >= 0.6 is 0 Å². The summed E-state index contributed by atoms with van der Waals surface area (Å²) in [6.45, 7) is 2.21. The topological polar surface area (TPSA) is 66.2 Å². The van der Waals surface area contributed by atoms with Crippen molar-refractivity contribution in [3.63, 3.8) is 0 Å². The molecule has 2 aromatic carbocycles. The van der Waals surface area contributed by atoms with E-state index in [1.54, 1.807) is 4.68 Å². The Morgan fingerprint density at radius 2 is 2.00 bits per heavy atom. The Kier molecular flexibility index (Phi) is 3.08. The minimum atomic E-state index is 0.209. The Morgan fingerprint density at radius 3 is 2.83 bits per heavy atom. The van der Waals surface area contributed by atoms with E-state index in [1.165, 1.54) is 0 Å². The van der Waals surface area contributed by atoms with Crippen LogP contribution in [0.1, 0.15) is 16.1 Å². The number of hydrogen-bond acceptors (Lipinski definition) is 5. The van der Waals surface area contributed by atoms with Crippen molar-refractivity contribution in [2.45, 2.75) is 6.92 Å². The second-order valence-electron chi connectivity index (χ2n) is 5.26. The van der Waals surface area contributed by atoms with Crippen LogP contribution in [-0.4, -0.2) is 28.1 Å². The minimum Gasteiger partial charge on any atom is -0.454 e. The summed E-state index contributed by atoms with van der Waals surface area (Å²) < 4.78 is 12.4. The fraction of sp³-hybridized carbons (Fsp3) is 0.118. The SMILES string of the molecule is Cc1cccc(-c2c(C=O)nnn2-c2ccc3c(c2)OCO3)c1. The van der Waals surface area contributed by atoms with Gasteiger partial charge < -0.3 is 9.47 Å². The second-order valence-corrected chi connectivity index (χ2v) is 5.26. The maximum absolute atomic E-state index is 11.4. The summed E-state index contributed by atoms with van der Waals surface area (Å²) in [4.78, 5) is 11.4. The van der Waals surface area contributed by atoms with Crippen molar-refractivity contribution in [2.75, 3.05) is 6.79 Å². The van der Waals surface area contributed by atoms with Crippen LogP contribution in [0.5, 0.6) is 11.5 Å². The quantitative estimate of drug-likeness (QED) is 0.696. The number of aromatic nitrogens is 3. The lowest BCUT2D eigenvalue weighted by atomic mass is 10.1. The number of fused-ring (bicyclic) bond motifs is 1. The molecule has 0 bridgehead atoms. The van der Waals surface area contributed by atoms with Crippen molar-refractivity contribution < 1.29 is 14.3 Å². The number of carbonyl (C=O) groups excluding carboxylic acids is 1. The molecule has 3 aromatic rings. The molecule has 0 N–H and O–H groups in total. The summed E-state index contributed by atoms with van der Waals surface area (Å²) in [6.07, 6.45) is 0.716. The van der Waals surface area contributed by atoms with Crippen LogP contribution < -0.4 is 9.47 Å². The Bertz CT molecular complexity index is 902. The molecule has 4 rings (SSSR count). The van der Waals surface area contributed by atoms with E-state index in [4.69, 9.17) is 9.47 Å². The standard InChI is InChI=1S/C17H13N3O3/c1-11-3-2-4-12(7-11)17-14(9-21)18-19-20(17)13-5-6-15-16(8-13)23-10-22-15/h2-9H,10H2,1H3. The molecular formula is C17H13N3O3. The van der Waals surface area contributed by atoms with E-state index in [9.17, 15) is 4.79 Å². The Labute approximate surface area is 132 Å². The largest absolute Gasteiger partial charge is 0.454 e. The molecule has 2 heterocycles. The maximum Gasteiger partial charge on any atom is 0.231 e. The first kappa shape index (κ1) is 13.5. The molecule has 0 fully saturated rings. The molecule has 0 aliphatic carbocycles. The molecule has 114 valence electrons. The van der Waals surface area contributed by atoms with Crippen LogP contribution in [0, 0.1) is 6.92 Å². The molecule has 0 atom stereocenters. The number of ether oxygens (including phenoxy) is 2. The van der Waals surface area contributed by atoms with Gasteiger partial charge in [-0.2, -0.15) is 0 Å². The first-order valence-electron chi connectivity index (χ1n) is 7.14. The lowest BCUT2D eigenvalue weighted by Gasteiger charge is -2.08. The highest BCUT2D eigenvalue weighted by atomic mass is 16.7. The predicted octanol–water partition coefficient (Wildman–Crippen LogP) is 2.78. The van der Waals surface area contributed by atoms with Crippen molar-refractivity contribution in [1.29, 1.82) is 0 Å². The van der Waals surface area contributed by atoms with E-state index >= 15 is 0 Å². The molecule has 1 aliphatic heterocycles. The molecule has 0 saturated heterocycles. The highest BCUT2D eigenvalue weighted by Gasteiger charge is 2.19. The normalized spacial score (nSPS) is 12.4. The molecule has 0 saturated carbocycles. The summed E-state index contributed by atoms with van der Waals surface area (Å²) >= 11 is 0. The predicted molar refractivity (Wildman–Crippen MR) is 83.0 cm³/mol. The summed E-state index contributed by atoms with van der Waals surface area (Å²) in [5, 5.41) is 8.11. The van der Waals surface area contributed by atoms with Crippen molar-refractivity contribution in [3.05, 3.63) is 53.7 Å². The Morgan fingerprint density at radius 1 is 1.13 bits per heavy atom. The van der Waals surface area contributed by atoms with Crippen LogP contribution in [0.3, 0.4) is 0 Å². The van der Waals surface area contributed by atoms with Gasteiger partial charge in [0, 0.05) is 11.6 Å². The van der Waals surface area contributed by atoms with Crippen LogP contribution in [0.2, 0.25) is 0 Å². The highest BCUT2D eigenvalue weighted by molar-refractivity contribution is 5.84. The number of carbonyl (C=O) groups is 1. The molecule has 0 spiro atoms. The van der Waals surface area contributed by atoms with Gasteiger partial charge in [0.05, 0.1) is 5.69 Å². The maximum atomic E-state index is 11.4. The van der Waals surface area contributed by atoms with Crippen LogP contribution in [0.25, 0.3) is 16.9 Å². The average molecular weight is 307 g/mol. The molecule has 0 radical (unpaired) electrons. The van der Waals surface area contributed by atoms with Gasteiger partial charge in [0.2, 0.25) is 6.79 Å². The summed E-state index contributed by atoms with van der Waals surface area (Å²) in [6, 6.07) is 13.4. The molecule has 1 aromatic heterocycles. The first-order valence-corrected chi connectivity index (χ1v) is 7.14. The fourth-order valence-corrected chi connectivity index (χ4v) is 2.63. The molecule has 6 heteroatoms. The number of benzene rings is 2. The van der Waals surface area contributed by atoms with Crippen molar-refractivity contribution >= 4 is 6.29 Å². The molecule has 6 nitrogen and oxygen atoms in total. The van der Waals surface area contributed by atoms with E-state index in [0.29, 0.717) is 29.2 Å². The summed E-state index contributed by atoms with van der Waals surface area (Å²) in [5.74, 6) is 1.35. The Hall–Kier alpha value is -3.15. The zero-order valence-corrected chi connectivity index (χ0v) is 12.4. The number of nitrogens with zero attached hydrogens (tertiary/aromatic N) is 3. The summed E-state index contributed by atoms with van der Waals surface area (Å²) in [7, 11) is 0. The fourth-order valence-electron chi connectivity index (χ4n) is 2.63. The van der Waals surface area contributed by atoms with E-state index in [0.717, 1.165) is 16.8 Å². The van der Waals surface area contributed by atoms with E-state index in [2.05, 4.69) is 10.3 Å². The number of hydrogen-bond donors (Lipinski definition) is 0. The van der Waals surface area contributed by atoms with Gasteiger partial charge in [-0.25, -0.2) is 4.68 Å². The van der Waals surface area contributed by atoms with Gasteiger partial charge in [0.1, 0.15) is 5.69 Å². The van der Waals surface area contributed by atoms with Gasteiger partial charge in [0.15, 0.2) is 23.5 Å². The molecule has 1 aliphatic rings. The zero-order chi connectivity index (χ0) is 15.8. The second kappa shape index (κ2) is 5.24. The zero-order valence-electron chi connectivity index (χ0n) is 12.4. The van der Waals surface area contributed by atoms with E-state index < -0.39 is 0 Å². The van der Waals surface area contributed by atoms with Gasteiger partial charge in [-0.15, -0.1) is 5.10 Å². The summed E-state index contributed by atoms with van der Waals surface area (Å²) in [5.41, 5.74) is 3.69. The minimum absolute atomic E-state index is 0.209. The lowest BCUT2D eigenvalue weighted by Crippen LogP contribution is -2.00. The van der Waals surface area contributed by atoms with Crippen LogP contribution in [0.4, 0.5) is 0 Å². The monoisotopic (exact) mass is 307 g/mol. The number of rotatable bonds is 3. The van der Waals surface area contributed by atoms with Crippen molar-refractivity contribution in [2.24, 2.45) is 0 Å². The van der Waals surface area contributed by atoms with Crippen LogP contribution in [-0.2, 0) is 0 Å². The first-order chi connectivity index (χ1) is 11.3. The van der Waals surface area contributed by atoms with Gasteiger partial charge >= 0.3 is 0 Å². The van der Waals surface area contributed by atoms with E-state index in [-0.39, 0.29) is 6.79 Å². The average Bonchev–Trinajstić information content (AvgIpc) is 3.20. The Balaban J connectivity index is 1.90. The molecule has 0 unspecified atom stereocenters. The van der Waals surface area contributed by atoms with Gasteiger partial charge in [-0.05, 0) is 25.1 Å². The molecule has 23 heavy (non-hydrogen) atoms. The van der Waals surface area contributed by atoms with Gasteiger partial charge in [0.25, 0.3) is 0 Å². The van der Waals surface area contributed by atoms with Gasteiger partial charge in [-0.3, -0.25) is 4.79 Å². The van der Waals surface area contributed by atoms with Crippen molar-refractivity contribution in [3.8, 4) is 28.4 Å². The molecular weight excluding hydrogens is 294 g/mol. The third-order valence-electron chi connectivity index (χ3n) is 3.70. The molecule has 0 amide bonds. The number of aryl methyl sites for hydroxylation is 1. The van der Waals surface area contributed by atoms with Crippen molar-refractivity contribution in [1.82, 2.24) is 15.0 Å². The third kappa shape index (κ3) is 2.24. The number of aldehydes is 1. The van der Waals surface area contributed by atoms with Gasteiger partial charge in [-0.1, -0.05) is 29.0 Å². The highest BCUT2D eigenvalue weighted by Crippen LogP contribution is 2.35. The smallest absolute Gasteiger partial charge is 0.231 e. The third-order valence-corrected chi connectivity index (χ3v) is 3.70. The van der Waals surface area contributed by atoms with Crippen LogP contribution in [0.15, 0.2) is 42.5 Å². The lowest BCUT2D eigenvalue weighted by molar-refractivity contribution is 0.111.